The van der Waals surface area contributed by atoms with Crippen LogP contribution in [0.2, 0.25) is 5.02 Å². The van der Waals surface area contributed by atoms with Gasteiger partial charge in [-0.1, -0.05) is 11.6 Å². The monoisotopic (exact) mass is 231 g/mol. The van der Waals surface area contributed by atoms with Gasteiger partial charge in [0.05, 0.1) is 13.2 Å². The summed E-state index contributed by atoms with van der Waals surface area (Å²) in [6.45, 7) is 4.40. The van der Waals surface area contributed by atoms with Crippen molar-refractivity contribution in [2.24, 2.45) is 5.73 Å². The van der Waals surface area contributed by atoms with Gasteiger partial charge in [-0.05, 0) is 37.6 Å². The van der Waals surface area contributed by atoms with Gasteiger partial charge in [-0.3, -0.25) is 0 Å². The molecule has 0 radical (unpaired) electrons. The van der Waals surface area contributed by atoms with Crippen molar-refractivity contribution in [1.82, 2.24) is 0 Å². The molecular weight excluding hydrogens is 217 g/mol. The Bertz CT molecular complexity index is 336. The highest BCUT2D eigenvalue weighted by Crippen LogP contribution is 2.18. The summed E-state index contributed by atoms with van der Waals surface area (Å²) in [5.41, 5.74) is 5.99. The van der Waals surface area contributed by atoms with Gasteiger partial charge in [-0.15, -0.1) is 0 Å². The van der Waals surface area contributed by atoms with Crippen LogP contribution in [-0.2, 0) is 11.3 Å². The van der Waals surface area contributed by atoms with E-state index in [0.717, 1.165) is 0 Å². The molecule has 0 aromatic heterocycles. The fourth-order valence-corrected chi connectivity index (χ4v) is 1.25. The van der Waals surface area contributed by atoms with Gasteiger partial charge in [0.15, 0.2) is 0 Å². The van der Waals surface area contributed by atoms with Crippen LogP contribution in [0.3, 0.4) is 0 Å². The molecule has 0 bridgehead atoms. The van der Waals surface area contributed by atoms with E-state index in [0.29, 0.717) is 17.2 Å². The number of nitrogens with two attached hydrogens (primary N) is 1. The molecule has 0 aliphatic heterocycles. The van der Waals surface area contributed by atoms with Crippen molar-refractivity contribution in [1.29, 1.82) is 0 Å². The molecule has 0 saturated heterocycles. The van der Waals surface area contributed by atoms with Gasteiger partial charge in [-0.2, -0.15) is 0 Å². The summed E-state index contributed by atoms with van der Waals surface area (Å²) in [7, 11) is 0. The Kier molecular flexibility index (Phi) is 4.08. The van der Waals surface area contributed by atoms with Gasteiger partial charge in [-0.25, -0.2) is 4.39 Å². The topological polar surface area (TPSA) is 35.2 Å². The van der Waals surface area contributed by atoms with Crippen LogP contribution in [-0.4, -0.2) is 12.1 Å². The Morgan fingerprint density at radius 2 is 2.13 bits per heavy atom. The molecule has 1 aromatic rings. The van der Waals surface area contributed by atoms with Crippen molar-refractivity contribution in [3.63, 3.8) is 0 Å². The Labute approximate surface area is 94.2 Å². The lowest BCUT2D eigenvalue weighted by molar-refractivity contribution is 0.0850. The van der Waals surface area contributed by atoms with Crippen molar-refractivity contribution in [3.8, 4) is 0 Å². The fraction of sp³-hybridized carbons (Fsp3) is 0.455. The minimum absolute atomic E-state index is 0.275. The van der Waals surface area contributed by atoms with Crippen LogP contribution in [0, 0.1) is 5.82 Å². The second kappa shape index (κ2) is 4.92. The van der Waals surface area contributed by atoms with E-state index < -0.39 is 0 Å². The van der Waals surface area contributed by atoms with E-state index in [1.807, 2.05) is 13.8 Å². The SMILES string of the molecule is CC(C)(N)COCc1cc(F)ccc1Cl. The molecule has 0 spiro atoms. The molecule has 15 heavy (non-hydrogen) atoms. The predicted octanol–water partition coefficient (Wildman–Crippen LogP) is 2.73. The molecule has 4 heteroatoms. The van der Waals surface area contributed by atoms with Crippen molar-refractivity contribution >= 4 is 11.6 Å². The minimum Gasteiger partial charge on any atom is -0.375 e. The van der Waals surface area contributed by atoms with E-state index in [1.54, 1.807) is 0 Å². The average molecular weight is 232 g/mol. The lowest BCUT2D eigenvalue weighted by Gasteiger charge is -2.18. The van der Waals surface area contributed by atoms with Crippen LogP contribution in [0.15, 0.2) is 18.2 Å². The third-order valence-corrected chi connectivity index (χ3v) is 2.11. The van der Waals surface area contributed by atoms with Crippen LogP contribution in [0.25, 0.3) is 0 Å². The van der Waals surface area contributed by atoms with Gasteiger partial charge in [0.2, 0.25) is 0 Å². The first-order valence-electron chi connectivity index (χ1n) is 4.69. The highest BCUT2D eigenvalue weighted by atomic mass is 35.5. The second-order valence-electron chi connectivity index (χ2n) is 4.22. The zero-order valence-corrected chi connectivity index (χ0v) is 9.64. The molecule has 1 aromatic carbocycles. The van der Waals surface area contributed by atoms with Crippen LogP contribution in [0.4, 0.5) is 4.39 Å². The number of rotatable bonds is 4. The standard InChI is InChI=1S/C11H15ClFNO/c1-11(2,14)7-15-6-8-5-9(13)3-4-10(8)12/h3-5H,6-7,14H2,1-2H3. The molecule has 0 atom stereocenters. The Balaban J connectivity index is 2.54. The normalized spacial score (nSPS) is 11.8. The maximum Gasteiger partial charge on any atom is 0.123 e. The van der Waals surface area contributed by atoms with Crippen LogP contribution in [0.1, 0.15) is 19.4 Å². The highest BCUT2D eigenvalue weighted by molar-refractivity contribution is 6.31. The molecule has 2 N–H and O–H groups in total. The van der Waals surface area contributed by atoms with Gasteiger partial charge < -0.3 is 10.5 Å². The summed E-state index contributed by atoms with van der Waals surface area (Å²) >= 11 is 5.87. The van der Waals surface area contributed by atoms with E-state index in [1.165, 1.54) is 18.2 Å². The van der Waals surface area contributed by atoms with E-state index >= 15 is 0 Å². The summed E-state index contributed by atoms with van der Waals surface area (Å²) < 4.78 is 18.2. The van der Waals surface area contributed by atoms with Gasteiger partial charge in [0.25, 0.3) is 0 Å². The smallest absolute Gasteiger partial charge is 0.123 e. The summed E-state index contributed by atoms with van der Waals surface area (Å²) in [6, 6.07) is 4.20. The number of hydrogen-bond donors (Lipinski definition) is 1. The van der Waals surface area contributed by atoms with E-state index in [4.69, 9.17) is 22.1 Å². The molecule has 1 rings (SSSR count). The van der Waals surface area contributed by atoms with E-state index in [2.05, 4.69) is 0 Å². The third-order valence-electron chi connectivity index (χ3n) is 1.74. The zero-order chi connectivity index (χ0) is 11.5. The van der Waals surface area contributed by atoms with Crippen molar-refractivity contribution in [3.05, 3.63) is 34.6 Å². The van der Waals surface area contributed by atoms with Crippen LogP contribution < -0.4 is 5.73 Å². The van der Waals surface area contributed by atoms with Gasteiger partial charge >= 0.3 is 0 Å². The first-order chi connectivity index (χ1) is 6.88. The van der Waals surface area contributed by atoms with Gasteiger partial charge in [0, 0.05) is 10.6 Å². The molecule has 0 fully saturated rings. The minimum atomic E-state index is -0.389. The second-order valence-corrected chi connectivity index (χ2v) is 4.62. The first-order valence-corrected chi connectivity index (χ1v) is 5.07. The molecular formula is C11H15ClFNO. The molecule has 0 saturated carbocycles. The number of benzene rings is 1. The van der Waals surface area contributed by atoms with E-state index in [-0.39, 0.29) is 18.0 Å². The van der Waals surface area contributed by atoms with Crippen molar-refractivity contribution in [2.45, 2.75) is 26.0 Å². The summed E-state index contributed by atoms with van der Waals surface area (Å²) in [6.07, 6.45) is 0. The molecule has 0 aliphatic rings. The molecule has 84 valence electrons. The average Bonchev–Trinajstić information content (AvgIpc) is 2.09. The Morgan fingerprint density at radius 1 is 1.47 bits per heavy atom. The molecule has 0 amide bonds. The fourth-order valence-electron chi connectivity index (χ4n) is 1.08. The van der Waals surface area contributed by atoms with Crippen LogP contribution >= 0.6 is 11.6 Å². The number of ether oxygens (including phenoxy) is 1. The molecule has 0 heterocycles. The van der Waals surface area contributed by atoms with E-state index in [9.17, 15) is 4.39 Å². The Hall–Kier alpha value is -0.640. The Morgan fingerprint density at radius 3 is 2.73 bits per heavy atom. The third kappa shape index (κ3) is 4.60. The zero-order valence-electron chi connectivity index (χ0n) is 8.89. The quantitative estimate of drug-likeness (QED) is 0.865. The van der Waals surface area contributed by atoms with Crippen molar-refractivity contribution < 1.29 is 9.13 Å². The summed E-state index contributed by atoms with van der Waals surface area (Å²) in [5, 5.41) is 0.506. The summed E-state index contributed by atoms with van der Waals surface area (Å²) in [4.78, 5) is 0. The summed E-state index contributed by atoms with van der Waals surface area (Å²) in [5.74, 6) is -0.315. The van der Waals surface area contributed by atoms with Gasteiger partial charge in [0.1, 0.15) is 5.82 Å². The largest absolute Gasteiger partial charge is 0.375 e. The number of hydrogen-bond acceptors (Lipinski definition) is 2. The number of halogens is 2. The predicted molar refractivity (Wildman–Crippen MR) is 59.3 cm³/mol. The molecule has 2 nitrogen and oxygen atoms in total. The maximum atomic E-state index is 12.9. The lowest BCUT2D eigenvalue weighted by Crippen LogP contribution is -2.37. The van der Waals surface area contributed by atoms with Crippen molar-refractivity contribution in [2.75, 3.05) is 6.61 Å². The molecule has 0 unspecified atom stereocenters. The maximum absolute atomic E-state index is 12.9. The molecule has 0 aliphatic carbocycles. The first kappa shape index (κ1) is 12.4. The lowest BCUT2D eigenvalue weighted by atomic mass is 10.1. The van der Waals surface area contributed by atoms with Crippen LogP contribution in [0.5, 0.6) is 0 Å². The highest BCUT2D eigenvalue weighted by Gasteiger charge is 2.11.